The Morgan fingerprint density at radius 1 is 1.35 bits per heavy atom. The first-order valence-electron chi connectivity index (χ1n) is 9.53. The second-order valence-corrected chi connectivity index (χ2v) is 7.63. The minimum atomic E-state index is -1.71. The number of halogens is 2. The van der Waals surface area contributed by atoms with Gasteiger partial charge in [-0.3, -0.25) is 14.8 Å². The van der Waals surface area contributed by atoms with Gasteiger partial charge in [-0.25, -0.2) is 13.8 Å². The van der Waals surface area contributed by atoms with E-state index >= 15 is 4.39 Å². The molecule has 2 atom stereocenters. The number of amidine groups is 1. The van der Waals surface area contributed by atoms with Gasteiger partial charge in [0.15, 0.2) is 11.8 Å². The summed E-state index contributed by atoms with van der Waals surface area (Å²) in [5.41, 5.74) is 3.91. The number of carbonyl (C=O) groups is 1. The van der Waals surface area contributed by atoms with Gasteiger partial charge in [0, 0.05) is 36.3 Å². The van der Waals surface area contributed by atoms with E-state index in [9.17, 15) is 9.18 Å². The number of nitrogens with one attached hydrogen (secondary N) is 1. The summed E-state index contributed by atoms with van der Waals surface area (Å²) in [4.78, 5) is 24.6. The molecule has 1 amide bonds. The molecule has 0 saturated carbocycles. The van der Waals surface area contributed by atoms with Crippen molar-refractivity contribution in [2.45, 2.75) is 24.2 Å². The Morgan fingerprint density at radius 3 is 2.74 bits per heavy atom. The van der Waals surface area contributed by atoms with E-state index in [1.54, 1.807) is 25.4 Å². The van der Waals surface area contributed by atoms with Crippen LogP contribution in [-0.4, -0.2) is 55.2 Å². The van der Waals surface area contributed by atoms with Crippen molar-refractivity contribution in [2.75, 3.05) is 25.6 Å². The number of rotatable bonds is 4. The molecule has 8 nitrogen and oxygen atoms in total. The second-order valence-electron chi connectivity index (χ2n) is 7.63. The zero-order chi connectivity index (χ0) is 22.2. The highest BCUT2D eigenvalue weighted by atomic mass is 19.1. The number of ether oxygens (including phenoxy) is 2. The molecule has 2 aromatic rings. The van der Waals surface area contributed by atoms with E-state index in [2.05, 4.69) is 20.3 Å². The molecule has 0 radical (unpaired) electrons. The largest absolute Gasteiger partial charge is 0.451 e. The van der Waals surface area contributed by atoms with Crippen molar-refractivity contribution in [2.24, 2.45) is 15.7 Å². The van der Waals surface area contributed by atoms with Gasteiger partial charge in [0.05, 0.1) is 13.2 Å². The van der Waals surface area contributed by atoms with Crippen LogP contribution in [0, 0.1) is 5.82 Å². The molecule has 1 saturated heterocycles. The lowest BCUT2D eigenvalue weighted by atomic mass is 9.76. The van der Waals surface area contributed by atoms with Gasteiger partial charge in [-0.1, -0.05) is 0 Å². The summed E-state index contributed by atoms with van der Waals surface area (Å²) in [6, 6.07) is 6.85. The topological polar surface area (TPSA) is 111 Å². The summed E-state index contributed by atoms with van der Waals surface area (Å²) >= 11 is 0. The van der Waals surface area contributed by atoms with Gasteiger partial charge < -0.3 is 20.5 Å². The average molecular weight is 429 g/mol. The van der Waals surface area contributed by atoms with Crippen molar-refractivity contribution in [1.82, 2.24) is 4.98 Å². The van der Waals surface area contributed by atoms with Gasteiger partial charge in [-0.05, 0) is 37.3 Å². The number of pyridine rings is 1. The highest BCUT2D eigenvalue weighted by Gasteiger charge is 2.61. The Morgan fingerprint density at radius 2 is 2.13 bits per heavy atom. The van der Waals surface area contributed by atoms with Crippen molar-refractivity contribution in [1.29, 1.82) is 0 Å². The van der Waals surface area contributed by atoms with E-state index in [1.807, 2.05) is 0 Å². The van der Waals surface area contributed by atoms with Crippen LogP contribution < -0.4 is 11.1 Å². The molecule has 2 aliphatic heterocycles. The third-order valence-corrected chi connectivity index (χ3v) is 5.37. The Kier molecular flexibility index (Phi) is 5.18. The number of nitrogens with zero attached hydrogens (tertiary/aromatic N) is 3. The SMILES string of the molecule is CN=Cc1ccc(C(=O)Nc2ccc(F)c([C@@]3(C)N=C(N)OC4(COC4)[C@@H]3F)c2)nc1. The number of amides is 1. The van der Waals surface area contributed by atoms with Gasteiger partial charge in [0.25, 0.3) is 11.9 Å². The van der Waals surface area contributed by atoms with Crippen LogP contribution in [-0.2, 0) is 15.0 Å². The first kappa shape index (κ1) is 20.9. The van der Waals surface area contributed by atoms with E-state index in [0.717, 1.165) is 11.6 Å². The minimum absolute atomic E-state index is 0.0115. The number of aliphatic imine (C=N–C) groups is 2. The third-order valence-electron chi connectivity index (χ3n) is 5.37. The van der Waals surface area contributed by atoms with Crippen LogP contribution in [0.25, 0.3) is 0 Å². The maximum absolute atomic E-state index is 15.5. The number of anilines is 1. The zero-order valence-electron chi connectivity index (χ0n) is 16.9. The molecule has 162 valence electrons. The second kappa shape index (κ2) is 7.69. The summed E-state index contributed by atoms with van der Waals surface area (Å²) in [7, 11) is 1.63. The molecule has 0 aliphatic carbocycles. The molecule has 1 aromatic carbocycles. The van der Waals surface area contributed by atoms with E-state index in [0.29, 0.717) is 0 Å². The highest BCUT2D eigenvalue weighted by Crippen LogP contribution is 2.45. The van der Waals surface area contributed by atoms with Crippen LogP contribution in [0.3, 0.4) is 0 Å². The molecule has 1 fully saturated rings. The molecule has 0 bridgehead atoms. The number of alkyl halides is 1. The first-order valence-corrected chi connectivity index (χ1v) is 9.53. The van der Waals surface area contributed by atoms with E-state index in [4.69, 9.17) is 15.2 Å². The van der Waals surface area contributed by atoms with Gasteiger partial charge in [-0.15, -0.1) is 0 Å². The number of aromatic nitrogens is 1. The molecule has 3 N–H and O–H groups in total. The number of benzene rings is 1. The lowest BCUT2D eigenvalue weighted by Crippen LogP contribution is -2.67. The molecule has 1 spiro atoms. The maximum atomic E-state index is 15.5. The number of hydrogen-bond acceptors (Lipinski definition) is 7. The number of nitrogens with two attached hydrogens (primary N) is 1. The third kappa shape index (κ3) is 3.63. The average Bonchev–Trinajstić information content (AvgIpc) is 2.71. The van der Waals surface area contributed by atoms with Gasteiger partial charge in [0.1, 0.15) is 17.1 Å². The summed E-state index contributed by atoms with van der Waals surface area (Å²) in [6.07, 6.45) is 1.40. The zero-order valence-corrected chi connectivity index (χ0v) is 16.9. The van der Waals surface area contributed by atoms with Gasteiger partial charge >= 0.3 is 0 Å². The predicted octanol–water partition coefficient (Wildman–Crippen LogP) is 2.19. The summed E-state index contributed by atoms with van der Waals surface area (Å²) in [6.45, 7) is 1.41. The van der Waals surface area contributed by atoms with Gasteiger partial charge in [-0.2, -0.15) is 0 Å². The van der Waals surface area contributed by atoms with Crippen LogP contribution in [0.1, 0.15) is 28.5 Å². The lowest BCUT2D eigenvalue weighted by molar-refractivity contribution is -0.221. The fourth-order valence-electron chi connectivity index (χ4n) is 3.74. The summed E-state index contributed by atoms with van der Waals surface area (Å²) in [5.74, 6) is -1.18. The molecule has 3 heterocycles. The molecular weight excluding hydrogens is 408 g/mol. The molecular formula is C21H21F2N5O3. The molecule has 10 heteroatoms. The lowest BCUT2D eigenvalue weighted by Gasteiger charge is -2.50. The standard InChI is InChI=1S/C21H21F2N5O3/c1-20(18(23)21(10-30-11-21)31-19(24)28-20)14-7-13(4-5-15(14)22)27-17(29)16-6-3-12(8-25-2)9-26-16/h3-9,18H,10-11H2,1-2H3,(H2,24,28)(H,27,29)/t18-,20-/m1/s1. The molecule has 31 heavy (non-hydrogen) atoms. The van der Waals surface area contributed by atoms with Crippen molar-refractivity contribution in [3.8, 4) is 0 Å². The van der Waals surface area contributed by atoms with E-state index in [1.165, 1.54) is 25.3 Å². The maximum Gasteiger partial charge on any atom is 0.283 e. The smallest absolute Gasteiger partial charge is 0.283 e. The Balaban J connectivity index is 1.62. The Labute approximate surface area is 177 Å². The Hall–Kier alpha value is -3.40. The Bertz CT molecular complexity index is 1070. The van der Waals surface area contributed by atoms with Crippen LogP contribution in [0.15, 0.2) is 46.5 Å². The molecule has 4 rings (SSSR count). The van der Waals surface area contributed by atoms with Gasteiger partial charge in [0.2, 0.25) is 0 Å². The van der Waals surface area contributed by atoms with E-state index < -0.39 is 29.0 Å². The van der Waals surface area contributed by atoms with Crippen LogP contribution in [0.5, 0.6) is 0 Å². The first-order chi connectivity index (χ1) is 14.8. The van der Waals surface area contributed by atoms with Crippen molar-refractivity contribution in [3.63, 3.8) is 0 Å². The molecule has 0 unspecified atom stereocenters. The monoisotopic (exact) mass is 429 g/mol. The van der Waals surface area contributed by atoms with Crippen LogP contribution in [0.4, 0.5) is 14.5 Å². The van der Waals surface area contributed by atoms with Crippen molar-refractivity contribution < 1.29 is 23.0 Å². The molecule has 2 aliphatic rings. The molecule has 1 aromatic heterocycles. The number of carbonyl (C=O) groups excluding carboxylic acids is 1. The van der Waals surface area contributed by atoms with Crippen molar-refractivity contribution >= 4 is 23.8 Å². The predicted molar refractivity (Wildman–Crippen MR) is 111 cm³/mol. The minimum Gasteiger partial charge on any atom is -0.451 e. The summed E-state index contributed by atoms with van der Waals surface area (Å²) < 4.78 is 40.7. The fourth-order valence-corrected chi connectivity index (χ4v) is 3.74. The normalized spacial score (nSPS) is 24.4. The quantitative estimate of drug-likeness (QED) is 0.724. The van der Waals surface area contributed by atoms with Crippen LogP contribution >= 0.6 is 0 Å². The number of hydrogen-bond donors (Lipinski definition) is 2. The van der Waals surface area contributed by atoms with E-state index in [-0.39, 0.29) is 36.2 Å². The van der Waals surface area contributed by atoms with Crippen LogP contribution in [0.2, 0.25) is 0 Å². The highest BCUT2D eigenvalue weighted by molar-refractivity contribution is 6.03. The van der Waals surface area contributed by atoms with Crippen molar-refractivity contribution in [3.05, 3.63) is 59.2 Å². The summed E-state index contributed by atoms with van der Waals surface area (Å²) in [5, 5.41) is 2.65. The fraction of sp³-hybridized carbons (Fsp3) is 0.333.